The van der Waals surface area contributed by atoms with E-state index in [9.17, 15) is 0 Å². The predicted octanol–water partition coefficient (Wildman–Crippen LogP) is 3.19. The quantitative estimate of drug-likeness (QED) is 0.815. The monoisotopic (exact) mass is 237 g/mol. The van der Waals surface area contributed by atoms with Gasteiger partial charge in [0.15, 0.2) is 0 Å². The molecule has 0 saturated carbocycles. The first-order valence-electron chi connectivity index (χ1n) is 5.98. The highest BCUT2D eigenvalue weighted by Crippen LogP contribution is 2.13. The Morgan fingerprint density at radius 2 is 2.00 bits per heavy atom. The van der Waals surface area contributed by atoms with Gasteiger partial charge in [-0.05, 0) is 49.8 Å². The van der Waals surface area contributed by atoms with Crippen LogP contribution in [-0.4, -0.2) is 24.6 Å². The maximum atomic E-state index is 3.40. The second-order valence-corrected chi connectivity index (χ2v) is 5.59. The zero-order chi connectivity index (χ0) is 12.0. The fraction of sp³-hybridized carbons (Fsp3) is 0.571. The van der Waals surface area contributed by atoms with E-state index in [0.29, 0.717) is 6.04 Å². The molecular weight excluding hydrogens is 214 g/mol. The van der Waals surface area contributed by atoms with Crippen LogP contribution in [0.5, 0.6) is 0 Å². The molecule has 0 radical (unpaired) electrons. The van der Waals surface area contributed by atoms with E-state index in [2.05, 4.69) is 51.3 Å². The van der Waals surface area contributed by atoms with Crippen LogP contribution in [0, 0.1) is 13.8 Å². The van der Waals surface area contributed by atoms with E-state index in [4.69, 9.17) is 0 Å². The second kappa shape index (κ2) is 6.97. The second-order valence-electron chi connectivity index (χ2n) is 4.27. The van der Waals surface area contributed by atoms with Gasteiger partial charge in [-0.25, -0.2) is 0 Å². The Balaban J connectivity index is 2.59. The lowest BCUT2D eigenvalue weighted by Gasteiger charge is -2.16. The van der Waals surface area contributed by atoms with E-state index in [1.54, 1.807) is 0 Å². The summed E-state index contributed by atoms with van der Waals surface area (Å²) in [4.78, 5) is 0. The number of thioether (sulfide) groups is 1. The topological polar surface area (TPSA) is 12.0 Å². The van der Waals surface area contributed by atoms with Gasteiger partial charge in [-0.2, -0.15) is 11.8 Å². The summed E-state index contributed by atoms with van der Waals surface area (Å²) in [6.07, 6.45) is 1.13. The summed E-state index contributed by atoms with van der Waals surface area (Å²) < 4.78 is 0. The van der Waals surface area contributed by atoms with Crippen LogP contribution in [-0.2, 0) is 6.42 Å². The molecule has 1 rings (SSSR count). The van der Waals surface area contributed by atoms with E-state index < -0.39 is 0 Å². The van der Waals surface area contributed by atoms with Crippen LogP contribution in [0.4, 0.5) is 0 Å². The minimum absolute atomic E-state index is 0.590. The Morgan fingerprint density at radius 3 is 2.56 bits per heavy atom. The Bertz CT molecular complexity index is 323. The van der Waals surface area contributed by atoms with E-state index in [1.807, 2.05) is 11.8 Å². The largest absolute Gasteiger partial charge is 0.316 e. The number of hydrogen-bond donors (Lipinski definition) is 1. The van der Waals surface area contributed by atoms with Crippen molar-refractivity contribution in [1.29, 1.82) is 0 Å². The van der Waals surface area contributed by atoms with Gasteiger partial charge in [0.2, 0.25) is 0 Å². The number of nitrogens with one attached hydrogen (secondary N) is 1. The number of aryl methyl sites for hydroxylation is 2. The Morgan fingerprint density at radius 1 is 1.25 bits per heavy atom. The van der Waals surface area contributed by atoms with Gasteiger partial charge in [0.25, 0.3) is 0 Å². The lowest BCUT2D eigenvalue weighted by Crippen LogP contribution is -2.30. The predicted molar refractivity (Wildman–Crippen MR) is 75.5 cm³/mol. The Kier molecular flexibility index (Phi) is 5.93. The highest BCUT2D eigenvalue weighted by molar-refractivity contribution is 7.99. The van der Waals surface area contributed by atoms with Crippen molar-refractivity contribution in [2.24, 2.45) is 0 Å². The average Bonchev–Trinajstić information content (AvgIpc) is 2.29. The summed E-state index contributed by atoms with van der Waals surface area (Å²) >= 11 is 2.00. The fourth-order valence-electron chi connectivity index (χ4n) is 1.72. The van der Waals surface area contributed by atoms with Crippen LogP contribution in [0.1, 0.15) is 23.6 Å². The van der Waals surface area contributed by atoms with Gasteiger partial charge in [0.05, 0.1) is 0 Å². The van der Waals surface area contributed by atoms with E-state index in [0.717, 1.165) is 6.42 Å². The molecule has 1 aromatic carbocycles. The van der Waals surface area contributed by atoms with Crippen LogP contribution in [0.2, 0.25) is 0 Å². The molecule has 0 saturated heterocycles. The van der Waals surface area contributed by atoms with Crippen molar-refractivity contribution in [3.63, 3.8) is 0 Å². The molecule has 1 atom stereocenters. The van der Waals surface area contributed by atoms with Crippen LogP contribution >= 0.6 is 11.8 Å². The number of rotatable bonds is 6. The van der Waals surface area contributed by atoms with Gasteiger partial charge >= 0.3 is 0 Å². The third-order valence-corrected chi connectivity index (χ3v) is 4.03. The zero-order valence-electron chi connectivity index (χ0n) is 10.8. The van der Waals surface area contributed by atoms with E-state index in [-0.39, 0.29) is 0 Å². The number of benzene rings is 1. The normalized spacial score (nSPS) is 12.8. The molecule has 0 fully saturated rings. The molecule has 90 valence electrons. The smallest absolute Gasteiger partial charge is 0.0195 e. The summed E-state index contributed by atoms with van der Waals surface area (Å²) in [7, 11) is 2.06. The molecule has 2 heteroatoms. The highest BCUT2D eigenvalue weighted by atomic mass is 32.2. The molecule has 0 heterocycles. The molecule has 0 aliphatic rings. The van der Waals surface area contributed by atoms with Crippen LogP contribution in [0.25, 0.3) is 0 Å². The summed E-state index contributed by atoms with van der Waals surface area (Å²) in [5.74, 6) is 2.39. The molecule has 0 spiro atoms. The summed E-state index contributed by atoms with van der Waals surface area (Å²) in [6.45, 7) is 6.57. The lowest BCUT2D eigenvalue weighted by atomic mass is 10.0. The van der Waals surface area contributed by atoms with Gasteiger partial charge in [0.1, 0.15) is 0 Å². The summed E-state index contributed by atoms with van der Waals surface area (Å²) in [5.41, 5.74) is 4.22. The zero-order valence-corrected chi connectivity index (χ0v) is 11.7. The van der Waals surface area contributed by atoms with Gasteiger partial charge in [0, 0.05) is 11.8 Å². The average molecular weight is 237 g/mol. The van der Waals surface area contributed by atoms with E-state index in [1.165, 1.54) is 28.2 Å². The number of likely N-dealkylation sites (N-methyl/N-ethyl adjacent to an activating group) is 1. The Labute approximate surface area is 104 Å². The molecular formula is C14H23NS. The molecule has 1 nitrogen and oxygen atoms in total. The third kappa shape index (κ3) is 4.18. The van der Waals surface area contributed by atoms with Crippen LogP contribution in [0.15, 0.2) is 18.2 Å². The van der Waals surface area contributed by atoms with Gasteiger partial charge in [-0.1, -0.05) is 25.1 Å². The summed E-state index contributed by atoms with van der Waals surface area (Å²) in [6, 6.07) is 7.39. The maximum Gasteiger partial charge on any atom is 0.0195 e. The third-order valence-electron chi connectivity index (χ3n) is 2.98. The molecule has 1 unspecified atom stereocenters. The minimum atomic E-state index is 0.590. The summed E-state index contributed by atoms with van der Waals surface area (Å²) in [5, 5.41) is 3.40. The first kappa shape index (κ1) is 13.6. The lowest BCUT2D eigenvalue weighted by molar-refractivity contribution is 0.617. The van der Waals surface area contributed by atoms with Gasteiger partial charge < -0.3 is 5.32 Å². The Hall–Kier alpha value is -0.470. The molecule has 16 heavy (non-hydrogen) atoms. The van der Waals surface area contributed by atoms with Crippen LogP contribution < -0.4 is 5.32 Å². The molecule has 1 aromatic rings. The number of hydrogen-bond acceptors (Lipinski definition) is 2. The van der Waals surface area contributed by atoms with Crippen molar-refractivity contribution in [1.82, 2.24) is 5.32 Å². The fourth-order valence-corrected chi connectivity index (χ4v) is 2.52. The van der Waals surface area contributed by atoms with Crippen molar-refractivity contribution < 1.29 is 0 Å². The van der Waals surface area contributed by atoms with Crippen molar-refractivity contribution in [2.45, 2.75) is 33.2 Å². The minimum Gasteiger partial charge on any atom is -0.316 e. The molecule has 0 bridgehead atoms. The molecule has 0 aliphatic carbocycles. The SMILES string of the molecule is CCSCC(Cc1ccc(C)c(C)c1)NC. The highest BCUT2D eigenvalue weighted by Gasteiger charge is 2.07. The molecule has 0 aromatic heterocycles. The molecule has 1 N–H and O–H groups in total. The van der Waals surface area contributed by atoms with Crippen molar-refractivity contribution in [3.8, 4) is 0 Å². The standard InChI is InChI=1S/C14H23NS/c1-5-16-10-14(15-4)9-13-7-6-11(2)12(3)8-13/h6-8,14-15H,5,9-10H2,1-4H3. The van der Waals surface area contributed by atoms with E-state index >= 15 is 0 Å². The molecule has 0 amide bonds. The molecule has 0 aliphatic heterocycles. The van der Waals surface area contributed by atoms with Gasteiger partial charge in [-0.3, -0.25) is 0 Å². The first-order valence-corrected chi connectivity index (χ1v) is 7.14. The van der Waals surface area contributed by atoms with Gasteiger partial charge in [-0.15, -0.1) is 0 Å². The van der Waals surface area contributed by atoms with Crippen LogP contribution in [0.3, 0.4) is 0 Å². The van der Waals surface area contributed by atoms with Crippen molar-refractivity contribution >= 4 is 11.8 Å². The van der Waals surface area contributed by atoms with Crippen molar-refractivity contribution in [2.75, 3.05) is 18.6 Å². The van der Waals surface area contributed by atoms with Crippen molar-refractivity contribution in [3.05, 3.63) is 34.9 Å². The first-order chi connectivity index (χ1) is 7.67. The maximum absolute atomic E-state index is 3.40.